The Balaban J connectivity index is 2.26. The van der Waals surface area contributed by atoms with E-state index in [0.717, 1.165) is 11.4 Å². The van der Waals surface area contributed by atoms with E-state index in [1.165, 1.54) is 0 Å². The van der Waals surface area contributed by atoms with Gasteiger partial charge in [-0.25, -0.2) is 0 Å². The average Bonchev–Trinajstić information content (AvgIpc) is 2.33. The fraction of sp³-hybridized carbons (Fsp3) is 0. The van der Waals surface area contributed by atoms with Gasteiger partial charge < -0.3 is 4.74 Å². The summed E-state index contributed by atoms with van der Waals surface area (Å²) < 4.78 is 5.66. The van der Waals surface area contributed by atoms with E-state index in [1.54, 1.807) is 12.1 Å². The van der Waals surface area contributed by atoms with Gasteiger partial charge in [-0.05, 0) is 43.1 Å². The van der Waals surface area contributed by atoms with Crippen LogP contribution in [0.5, 0.6) is 11.5 Å². The molecule has 0 aliphatic rings. The molecule has 0 radical (unpaired) electrons. The number of benzene rings is 2. The number of hydrogen-bond donors (Lipinski definition) is 0. The first-order valence-corrected chi connectivity index (χ1v) is 5.16. The van der Waals surface area contributed by atoms with Crippen LogP contribution in [-0.2, 0) is 0 Å². The molecule has 3 heteroatoms. The highest BCUT2D eigenvalue weighted by Crippen LogP contribution is 2.31. The van der Waals surface area contributed by atoms with Gasteiger partial charge in [0.25, 0.3) is 0 Å². The van der Waals surface area contributed by atoms with E-state index in [2.05, 4.69) is 11.7 Å². The molecule has 0 amide bonds. The Hall–Kier alpha value is -1.80. The number of aliphatic imine (C=N–C) groups is 1. The molecule has 0 bridgehead atoms. The number of nitrogens with zero attached hydrogens (tertiary/aromatic N) is 1. The summed E-state index contributed by atoms with van der Waals surface area (Å²) in [6, 6.07) is 14.6. The standard InChI is InChI=1S/C13H10ClNO/c1-15-12-4-2-3-5-13(12)16-11-8-6-10(14)7-9-11/h2-9H,1H2. The maximum atomic E-state index is 5.79. The van der Waals surface area contributed by atoms with Crippen LogP contribution in [-0.4, -0.2) is 6.72 Å². The van der Waals surface area contributed by atoms with Gasteiger partial charge in [0.2, 0.25) is 0 Å². The van der Waals surface area contributed by atoms with E-state index in [4.69, 9.17) is 16.3 Å². The highest BCUT2D eigenvalue weighted by molar-refractivity contribution is 6.30. The van der Waals surface area contributed by atoms with Crippen molar-refractivity contribution in [3.63, 3.8) is 0 Å². The highest BCUT2D eigenvalue weighted by atomic mass is 35.5. The lowest BCUT2D eigenvalue weighted by atomic mass is 10.3. The normalized spacial score (nSPS) is 9.81. The van der Waals surface area contributed by atoms with Crippen molar-refractivity contribution in [2.45, 2.75) is 0 Å². The minimum absolute atomic E-state index is 0.680. The van der Waals surface area contributed by atoms with Crippen LogP contribution < -0.4 is 4.74 Å². The third-order valence-electron chi connectivity index (χ3n) is 2.08. The summed E-state index contributed by atoms with van der Waals surface area (Å²) in [4.78, 5) is 3.88. The smallest absolute Gasteiger partial charge is 0.152 e. The molecule has 0 aliphatic heterocycles. The maximum Gasteiger partial charge on any atom is 0.152 e. The molecule has 0 saturated heterocycles. The lowest BCUT2D eigenvalue weighted by Gasteiger charge is -2.07. The second kappa shape index (κ2) is 4.81. The number of rotatable bonds is 3. The molecule has 0 aliphatic carbocycles. The van der Waals surface area contributed by atoms with Crippen molar-refractivity contribution in [1.29, 1.82) is 0 Å². The fourth-order valence-electron chi connectivity index (χ4n) is 1.30. The van der Waals surface area contributed by atoms with Crippen LogP contribution in [0.3, 0.4) is 0 Å². The van der Waals surface area contributed by atoms with E-state index in [9.17, 15) is 0 Å². The van der Waals surface area contributed by atoms with Crippen molar-refractivity contribution in [3.8, 4) is 11.5 Å². The Morgan fingerprint density at radius 1 is 1.00 bits per heavy atom. The number of ether oxygens (including phenoxy) is 1. The Morgan fingerprint density at radius 3 is 2.38 bits per heavy atom. The fourth-order valence-corrected chi connectivity index (χ4v) is 1.43. The van der Waals surface area contributed by atoms with Gasteiger partial charge in [-0.2, -0.15) is 0 Å². The first-order chi connectivity index (χ1) is 7.79. The predicted molar refractivity (Wildman–Crippen MR) is 67.2 cm³/mol. The molecule has 80 valence electrons. The monoisotopic (exact) mass is 231 g/mol. The minimum Gasteiger partial charge on any atom is -0.455 e. The summed E-state index contributed by atoms with van der Waals surface area (Å²) in [7, 11) is 0. The molecule has 0 saturated carbocycles. The third kappa shape index (κ3) is 2.41. The Bertz CT molecular complexity index is 494. The van der Waals surface area contributed by atoms with Crippen molar-refractivity contribution in [2.24, 2.45) is 4.99 Å². The lowest BCUT2D eigenvalue weighted by molar-refractivity contribution is 0.484. The third-order valence-corrected chi connectivity index (χ3v) is 2.33. The van der Waals surface area contributed by atoms with Crippen molar-refractivity contribution in [2.75, 3.05) is 0 Å². The highest BCUT2D eigenvalue weighted by Gasteiger charge is 2.01. The summed E-state index contributed by atoms with van der Waals surface area (Å²) in [6.45, 7) is 3.50. The summed E-state index contributed by atoms with van der Waals surface area (Å²) in [6.07, 6.45) is 0. The zero-order valence-electron chi connectivity index (χ0n) is 8.56. The number of para-hydroxylation sites is 2. The maximum absolute atomic E-state index is 5.79. The van der Waals surface area contributed by atoms with Gasteiger partial charge in [-0.3, -0.25) is 4.99 Å². The summed E-state index contributed by atoms with van der Waals surface area (Å²) >= 11 is 5.79. The molecule has 0 heterocycles. The van der Waals surface area contributed by atoms with Gasteiger partial charge in [-0.1, -0.05) is 23.7 Å². The number of hydrogen-bond acceptors (Lipinski definition) is 2. The summed E-state index contributed by atoms with van der Waals surface area (Å²) in [5, 5.41) is 0.683. The molecule has 0 spiro atoms. The molecule has 2 aromatic rings. The molecule has 2 nitrogen and oxygen atoms in total. The van der Waals surface area contributed by atoms with Crippen molar-refractivity contribution < 1.29 is 4.74 Å². The molecule has 2 rings (SSSR count). The molecule has 0 unspecified atom stereocenters. The van der Waals surface area contributed by atoms with E-state index in [0.29, 0.717) is 10.8 Å². The van der Waals surface area contributed by atoms with Crippen molar-refractivity contribution >= 4 is 24.0 Å². The van der Waals surface area contributed by atoms with Gasteiger partial charge in [-0.15, -0.1) is 0 Å². The SMILES string of the molecule is C=Nc1ccccc1Oc1ccc(Cl)cc1. The Labute approximate surface area is 99.2 Å². The molecule has 2 aromatic carbocycles. The van der Waals surface area contributed by atoms with Crippen LogP contribution in [0.25, 0.3) is 0 Å². The molecule has 16 heavy (non-hydrogen) atoms. The van der Waals surface area contributed by atoms with Crippen LogP contribution in [0.1, 0.15) is 0 Å². The van der Waals surface area contributed by atoms with Crippen LogP contribution >= 0.6 is 11.6 Å². The minimum atomic E-state index is 0.680. The van der Waals surface area contributed by atoms with Crippen LogP contribution in [0.2, 0.25) is 5.02 Å². The van der Waals surface area contributed by atoms with E-state index in [-0.39, 0.29) is 0 Å². The zero-order valence-corrected chi connectivity index (χ0v) is 9.32. The van der Waals surface area contributed by atoms with Crippen molar-refractivity contribution in [3.05, 3.63) is 53.6 Å². The predicted octanol–water partition coefficient (Wildman–Crippen LogP) is 4.46. The van der Waals surface area contributed by atoms with E-state index in [1.807, 2.05) is 36.4 Å². The molecule has 0 fully saturated rings. The largest absolute Gasteiger partial charge is 0.455 e. The van der Waals surface area contributed by atoms with Crippen molar-refractivity contribution in [1.82, 2.24) is 0 Å². The Morgan fingerprint density at radius 2 is 1.69 bits per heavy atom. The quantitative estimate of drug-likeness (QED) is 0.715. The molecule has 0 N–H and O–H groups in total. The van der Waals surface area contributed by atoms with Crippen LogP contribution in [0.4, 0.5) is 5.69 Å². The van der Waals surface area contributed by atoms with Crippen LogP contribution in [0, 0.1) is 0 Å². The lowest BCUT2D eigenvalue weighted by Crippen LogP contribution is -1.83. The molecule has 0 aromatic heterocycles. The van der Waals surface area contributed by atoms with Gasteiger partial charge in [0.05, 0.1) is 0 Å². The molecule has 0 atom stereocenters. The number of halogens is 1. The topological polar surface area (TPSA) is 21.6 Å². The second-order valence-electron chi connectivity index (χ2n) is 3.18. The zero-order chi connectivity index (χ0) is 11.4. The average molecular weight is 232 g/mol. The van der Waals surface area contributed by atoms with Gasteiger partial charge in [0.1, 0.15) is 11.4 Å². The van der Waals surface area contributed by atoms with E-state index >= 15 is 0 Å². The first-order valence-electron chi connectivity index (χ1n) is 4.79. The first kappa shape index (κ1) is 10.7. The van der Waals surface area contributed by atoms with Gasteiger partial charge in [0, 0.05) is 5.02 Å². The van der Waals surface area contributed by atoms with Gasteiger partial charge in [0.15, 0.2) is 5.75 Å². The summed E-state index contributed by atoms with van der Waals surface area (Å²) in [5.74, 6) is 1.40. The second-order valence-corrected chi connectivity index (χ2v) is 3.62. The van der Waals surface area contributed by atoms with Gasteiger partial charge >= 0.3 is 0 Å². The van der Waals surface area contributed by atoms with Crippen LogP contribution in [0.15, 0.2) is 53.5 Å². The summed E-state index contributed by atoms with van der Waals surface area (Å²) in [5.41, 5.74) is 0.720. The molecular formula is C13H10ClNO. The molecular weight excluding hydrogens is 222 g/mol. The Kier molecular flexibility index (Phi) is 3.22. The van der Waals surface area contributed by atoms with E-state index < -0.39 is 0 Å².